The van der Waals surface area contributed by atoms with E-state index in [9.17, 15) is 13.5 Å². The molecule has 0 amide bonds. The standard InChI is InChI=1S/C14H24N2O3S/c1-4-11(3)16(5-2)20(18,19)14-8-13(10-17)15(9-14)12-6-7-12/h8-9,11-12,17H,4-7,10H2,1-3H3. The van der Waals surface area contributed by atoms with Crippen molar-refractivity contribution in [3.05, 3.63) is 18.0 Å². The molecule has 1 N–H and O–H groups in total. The zero-order chi connectivity index (χ0) is 14.9. The molecule has 0 saturated heterocycles. The number of aliphatic hydroxyl groups excluding tert-OH is 1. The van der Waals surface area contributed by atoms with Crippen molar-refractivity contribution in [1.82, 2.24) is 8.87 Å². The predicted molar refractivity (Wildman–Crippen MR) is 77.9 cm³/mol. The Morgan fingerprint density at radius 2 is 2.10 bits per heavy atom. The second kappa shape index (κ2) is 5.87. The second-order valence-corrected chi connectivity index (χ2v) is 7.32. The average molecular weight is 300 g/mol. The topological polar surface area (TPSA) is 62.5 Å². The lowest BCUT2D eigenvalue weighted by Crippen LogP contribution is -2.37. The van der Waals surface area contributed by atoms with Crippen molar-refractivity contribution < 1.29 is 13.5 Å². The minimum absolute atomic E-state index is 0.0214. The molecule has 1 aromatic heterocycles. The van der Waals surface area contributed by atoms with E-state index >= 15 is 0 Å². The zero-order valence-electron chi connectivity index (χ0n) is 12.4. The molecule has 1 fully saturated rings. The highest BCUT2D eigenvalue weighted by Crippen LogP contribution is 2.37. The van der Waals surface area contributed by atoms with Crippen LogP contribution in [0.4, 0.5) is 0 Å². The highest BCUT2D eigenvalue weighted by Gasteiger charge is 2.31. The fourth-order valence-corrected chi connectivity index (χ4v) is 4.28. The summed E-state index contributed by atoms with van der Waals surface area (Å²) in [6.45, 7) is 6.10. The van der Waals surface area contributed by atoms with Gasteiger partial charge in [-0.3, -0.25) is 0 Å². The highest BCUT2D eigenvalue weighted by atomic mass is 32.2. The zero-order valence-corrected chi connectivity index (χ0v) is 13.2. The molecule has 5 nitrogen and oxygen atoms in total. The van der Waals surface area contributed by atoms with Gasteiger partial charge in [-0.2, -0.15) is 4.31 Å². The van der Waals surface area contributed by atoms with E-state index in [1.54, 1.807) is 12.3 Å². The van der Waals surface area contributed by atoms with Gasteiger partial charge in [0.1, 0.15) is 4.90 Å². The molecule has 1 aromatic rings. The Bertz CT molecular complexity index is 561. The monoisotopic (exact) mass is 300 g/mol. The third-order valence-corrected chi connectivity index (χ3v) is 6.06. The van der Waals surface area contributed by atoms with Gasteiger partial charge < -0.3 is 9.67 Å². The first kappa shape index (κ1) is 15.5. The lowest BCUT2D eigenvalue weighted by molar-refractivity contribution is 0.270. The molecule has 20 heavy (non-hydrogen) atoms. The van der Waals surface area contributed by atoms with E-state index < -0.39 is 10.0 Å². The fourth-order valence-electron chi connectivity index (χ4n) is 2.51. The van der Waals surface area contributed by atoms with E-state index in [1.165, 1.54) is 4.31 Å². The summed E-state index contributed by atoms with van der Waals surface area (Å²) in [4.78, 5) is 0.301. The van der Waals surface area contributed by atoms with Gasteiger partial charge in [0.05, 0.1) is 6.61 Å². The van der Waals surface area contributed by atoms with Crippen LogP contribution in [-0.2, 0) is 16.6 Å². The van der Waals surface area contributed by atoms with E-state index in [1.807, 2.05) is 25.3 Å². The maximum absolute atomic E-state index is 12.7. The van der Waals surface area contributed by atoms with Crippen LogP contribution < -0.4 is 0 Å². The summed E-state index contributed by atoms with van der Waals surface area (Å²) in [5.41, 5.74) is 0.686. The minimum Gasteiger partial charge on any atom is -0.390 e. The first-order chi connectivity index (χ1) is 9.45. The van der Waals surface area contributed by atoms with Crippen molar-refractivity contribution >= 4 is 10.0 Å². The summed E-state index contributed by atoms with van der Waals surface area (Å²) in [6.07, 6.45) is 4.58. The van der Waals surface area contributed by atoms with Crippen LogP contribution in [-0.4, -0.2) is 35.0 Å². The Kier molecular flexibility index (Phi) is 4.56. The molecular weight excluding hydrogens is 276 g/mol. The number of sulfonamides is 1. The van der Waals surface area contributed by atoms with Crippen molar-refractivity contribution in [3.63, 3.8) is 0 Å². The van der Waals surface area contributed by atoms with Gasteiger partial charge in [0.15, 0.2) is 0 Å². The van der Waals surface area contributed by atoms with Gasteiger partial charge in [0.2, 0.25) is 10.0 Å². The molecule has 0 spiro atoms. The van der Waals surface area contributed by atoms with Crippen LogP contribution in [0.15, 0.2) is 17.2 Å². The Morgan fingerprint density at radius 3 is 2.55 bits per heavy atom. The van der Waals surface area contributed by atoms with Crippen LogP contribution in [0.2, 0.25) is 0 Å². The molecule has 114 valence electrons. The minimum atomic E-state index is -3.48. The number of aliphatic hydroxyl groups is 1. The predicted octanol–water partition coefficient (Wildman–Crippen LogP) is 2.12. The van der Waals surface area contributed by atoms with Crippen molar-refractivity contribution in [3.8, 4) is 0 Å². The molecule has 0 aromatic carbocycles. The molecule has 1 atom stereocenters. The van der Waals surface area contributed by atoms with E-state index in [2.05, 4.69) is 0 Å². The van der Waals surface area contributed by atoms with E-state index in [-0.39, 0.29) is 12.6 Å². The third-order valence-electron chi connectivity index (χ3n) is 4.01. The lowest BCUT2D eigenvalue weighted by atomic mass is 10.3. The van der Waals surface area contributed by atoms with Gasteiger partial charge in [0, 0.05) is 30.5 Å². The molecule has 0 bridgehead atoms. The largest absolute Gasteiger partial charge is 0.390 e. The van der Waals surface area contributed by atoms with Gasteiger partial charge in [-0.15, -0.1) is 0 Å². The number of hydrogen-bond acceptors (Lipinski definition) is 3. The number of nitrogens with zero attached hydrogens (tertiary/aromatic N) is 2. The quantitative estimate of drug-likeness (QED) is 0.839. The van der Waals surface area contributed by atoms with Crippen LogP contribution in [0.3, 0.4) is 0 Å². The average Bonchev–Trinajstić information content (AvgIpc) is 3.17. The molecule has 1 aliphatic carbocycles. The summed E-state index contributed by atoms with van der Waals surface area (Å²) in [7, 11) is -3.48. The number of hydrogen-bond donors (Lipinski definition) is 1. The van der Waals surface area contributed by atoms with E-state index in [4.69, 9.17) is 0 Å². The van der Waals surface area contributed by atoms with Gasteiger partial charge in [-0.05, 0) is 32.3 Å². The van der Waals surface area contributed by atoms with E-state index in [0.717, 1.165) is 19.3 Å². The Morgan fingerprint density at radius 1 is 1.45 bits per heavy atom. The maximum atomic E-state index is 12.7. The first-order valence-corrected chi connectivity index (χ1v) is 8.73. The van der Waals surface area contributed by atoms with Crippen molar-refractivity contribution in [2.75, 3.05) is 6.54 Å². The summed E-state index contributed by atoms with van der Waals surface area (Å²) in [6, 6.07) is 1.95. The number of aromatic nitrogens is 1. The molecule has 1 unspecified atom stereocenters. The smallest absolute Gasteiger partial charge is 0.244 e. The molecule has 1 aliphatic rings. The van der Waals surface area contributed by atoms with Crippen LogP contribution >= 0.6 is 0 Å². The second-order valence-electron chi connectivity index (χ2n) is 5.43. The molecule has 6 heteroatoms. The third kappa shape index (κ3) is 2.77. The molecule has 1 heterocycles. The summed E-state index contributed by atoms with van der Waals surface area (Å²) < 4.78 is 28.9. The summed E-state index contributed by atoms with van der Waals surface area (Å²) >= 11 is 0. The fraction of sp³-hybridized carbons (Fsp3) is 0.714. The van der Waals surface area contributed by atoms with Crippen LogP contribution in [0, 0.1) is 0 Å². The Hall–Kier alpha value is -0.850. The normalized spacial score (nSPS) is 17.6. The molecule has 0 aliphatic heterocycles. The van der Waals surface area contributed by atoms with Gasteiger partial charge in [-0.1, -0.05) is 13.8 Å². The molecule has 1 saturated carbocycles. The molecular formula is C14H24N2O3S. The SMILES string of the molecule is CCC(C)N(CC)S(=O)(=O)c1cc(CO)n(C2CC2)c1. The van der Waals surface area contributed by atoms with Crippen molar-refractivity contribution in [1.29, 1.82) is 0 Å². The number of rotatable bonds is 7. The van der Waals surface area contributed by atoms with Crippen LogP contribution in [0.1, 0.15) is 51.8 Å². The summed E-state index contributed by atoms with van der Waals surface area (Å²) in [5, 5.41) is 9.40. The van der Waals surface area contributed by atoms with Gasteiger partial charge in [0.25, 0.3) is 0 Å². The lowest BCUT2D eigenvalue weighted by Gasteiger charge is -2.25. The van der Waals surface area contributed by atoms with Gasteiger partial charge >= 0.3 is 0 Å². The Balaban J connectivity index is 2.38. The van der Waals surface area contributed by atoms with Gasteiger partial charge in [-0.25, -0.2) is 8.42 Å². The highest BCUT2D eigenvalue weighted by molar-refractivity contribution is 7.89. The van der Waals surface area contributed by atoms with Crippen LogP contribution in [0.25, 0.3) is 0 Å². The first-order valence-electron chi connectivity index (χ1n) is 7.29. The van der Waals surface area contributed by atoms with Crippen molar-refractivity contribution in [2.45, 2.75) is 63.6 Å². The van der Waals surface area contributed by atoms with E-state index in [0.29, 0.717) is 23.2 Å². The van der Waals surface area contributed by atoms with Crippen LogP contribution in [0.5, 0.6) is 0 Å². The Labute approximate surface area is 121 Å². The van der Waals surface area contributed by atoms with Crippen molar-refractivity contribution in [2.24, 2.45) is 0 Å². The summed E-state index contributed by atoms with van der Waals surface area (Å²) in [5.74, 6) is 0. The molecule has 2 rings (SSSR count). The maximum Gasteiger partial charge on any atom is 0.244 e. The molecule has 0 radical (unpaired) electrons.